The predicted octanol–water partition coefficient (Wildman–Crippen LogP) is 5.38. The number of benzene rings is 2. The highest BCUT2D eigenvalue weighted by atomic mass is 32.1. The summed E-state index contributed by atoms with van der Waals surface area (Å²) in [7, 11) is 1.02. The van der Waals surface area contributed by atoms with Crippen LogP contribution in [0.5, 0.6) is 0 Å². The van der Waals surface area contributed by atoms with Crippen LogP contribution in [0.1, 0.15) is 51.2 Å². The molecule has 2 fully saturated rings. The van der Waals surface area contributed by atoms with Gasteiger partial charge in [-0.05, 0) is 29.3 Å². The van der Waals surface area contributed by atoms with Crippen LogP contribution in [-0.2, 0) is 18.6 Å². The summed E-state index contributed by atoms with van der Waals surface area (Å²) >= 11 is 1.37. The third-order valence-corrected chi connectivity index (χ3v) is 13.5. The molecule has 4 atom stereocenters. The van der Waals surface area contributed by atoms with Gasteiger partial charge in [-0.25, -0.2) is 4.99 Å². The van der Waals surface area contributed by atoms with Crippen LogP contribution in [0, 0.1) is 11.3 Å². The molecule has 41 heavy (non-hydrogen) atoms. The Morgan fingerprint density at radius 2 is 1.61 bits per heavy atom. The van der Waals surface area contributed by atoms with E-state index in [9.17, 15) is 5.26 Å². The maximum absolute atomic E-state index is 9.79. The van der Waals surface area contributed by atoms with Crippen molar-refractivity contribution in [2.75, 3.05) is 20.7 Å². The van der Waals surface area contributed by atoms with Crippen molar-refractivity contribution < 1.29 is 18.6 Å². The van der Waals surface area contributed by atoms with E-state index in [0.29, 0.717) is 17.2 Å². The summed E-state index contributed by atoms with van der Waals surface area (Å²) in [5.41, 5.74) is 1.46. The van der Waals surface area contributed by atoms with E-state index in [4.69, 9.17) is 18.6 Å². The second-order valence-electron chi connectivity index (χ2n) is 12.3. The van der Waals surface area contributed by atoms with E-state index in [1.54, 1.807) is 6.34 Å². The summed E-state index contributed by atoms with van der Waals surface area (Å²) in [5, 5.41) is 14.0. The third-order valence-electron chi connectivity index (χ3n) is 7.65. The second-order valence-corrected chi connectivity index (χ2v) is 17.5. The van der Waals surface area contributed by atoms with Crippen molar-refractivity contribution in [1.82, 2.24) is 4.90 Å². The third kappa shape index (κ3) is 5.65. The normalized spacial score (nSPS) is 24.0. The van der Waals surface area contributed by atoms with Gasteiger partial charge in [0, 0.05) is 25.0 Å². The van der Waals surface area contributed by atoms with Gasteiger partial charge in [0.05, 0.1) is 18.6 Å². The molecule has 2 aromatic carbocycles. The highest BCUT2D eigenvalue weighted by molar-refractivity contribution is 7.11. The van der Waals surface area contributed by atoms with Gasteiger partial charge in [-0.15, -0.1) is 11.3 Å². The van der Waals surface area contributed by atoms with Crippen LogP contribution in [0.15, 0.2) is 71.0 Å². The lowest BCUT2D eigenvalue weighted by atomic mass is 10.0. The van der Waals surface area contributed by atoms with Crippen molar-refractivity contribution in [2.45, 2.75) is 69.9 Å². The van der Waals surface area contributed by atoms with E-state index < -0.39 is 20.2 Å². The Balaban J connectivity index is 1.52. The molecule has 9 heteroatoms. The first-order chi connectivity index (χ1) is 19.5. The van der Waals surface area contributed by atoms with E-state index in [2.05, 4.69) is 80.4 Å². The number of nitrogens with zero attached hydrogens (tertiary/aromatic N) is 3. The molecule has 0 aliphatic carbocycles. The molecule has 2 saturated heterocycles. The van der Waals surface area contributed by atoms with Crippen LogP contribution >= 0.6 is 11.3 Å². The monoisotopic (exact) mass is 589 g/mol. The van der Waals surface area contributed by atoms with Crippen LogP contribution in [0.2, 0.25) is 5.04 Å². The molecular weight excluding hydrogens is 551 g/mol. The largest absolute Gasteiger partial charge is 0.405 e. The van der Waals surface area contributed by atoms with Gasteiger partial charge in [0.2, 0.25) is 0 Å². The molecule has 5 rings (SSSR count). The topological polar surface area (TPSA) is 76.3 Å². The van der Waals surface area contributed by atoms with Gasteiger partial charge in [0.25, 0.3) is 8.32 Å². The molecule has 0 unspecified atom stereocenters. The smallest absolute Gasteiger partial charge is 0.261 e. The Labute approximate surface area is 248 Å². The van der Waals surface area contributed by atoms with Crippen molar-refractivity contribution >= 4 is 42.1 Å². The molecule has 3 heterocycles. The number of ether oxygens (including phenoxy) is 3. The maximum Gasteiger partial charge on any atom is 0.261 e. The minimum Gasteiger partial charge on any atom is -0.405 e. The highest BCUT2D eigenvalue weighted by Crippen LogP contribution is 2.49. The van der Waals surface area contributed by atoms with Gasteiger partial charge in [-0.3, -0.25) is 0 Å². The highest BCUT2D eigenvalue weighted by Gasteiger charge is 2.58. The first-order valence-electron chi connectivity index (χ1n) is 13.9. The van der Waals surface area contributed by atoms with Gasteiger partial charge in [-0.2, -0.15) is 5.26 Å². The first-order valence-corrected chi connectivity index (χ1v) is 16.7. The molecule has 2 aliphatic heterocycles. The van der Waals surface area contributed by atoms with Crippen molar-refractivity contribution in [3.8, 4) is 6.07 Å². The van der Waals surface area contributed by atoms with Gasteiger partial charge >= 0.3 is 0 Å². The summed E-state index contributed by atoms with van der Waals surface area (Å²) in [6.07, 6.45) is 0.210. The molecule has 0 N–H and O–H groups in total. The fourth-order valence-corrected chi connectivity index (χ4v) is 11.4. The van der Waals surface area contributed by atoms with Crippen LogP contribution in [0.3, 0.4) is 0 Å². The molecule has 3 aromatic rings. The molecule has 0 amide bonds. The average Bonchev–Trinajstić information content (AvgIpc) is 3.58. The molecule has 0 saturated carbocycles. The van der Waals surface area contributed by atoms with Crippen LogP contribution in [0.25, 0.3) is 0 Å². The van der Waals surface area contributed by atoms with Crippen molar-refractivity contribution in [3.05, 3.63) is 76.5 Å². The molecule has 0 bridgehead atoms. The lowest BCUT2D eigenvalue weighted by molar-refractivity contribution is -0.190. The molecule has 2 aliphatic rings. The standard InChI is InChI=1S/C32H39N3O4SSi/c1-31(2,3)41(22-14-10-8-11-15-22,23-16-12-9-13-17-23)36-19-25-29-30(39-32(4,5)38-29)28(37-25)24-20-40-26(18-33)27(24)34-21-35(6)7/h8-17,20-21,25,28-30H,19H2,1-7H3/t25-,28+,29-,30+/m1/s1. The second kappa shape index (κ2) is 11.4. The summed E-state index contributed by atoms with van der Waals surface area (Å²) in [5.74, 6) is -0.770. The summed E-state index contributed by atoms with van der Waals surface area (Å²) in [4.78, 5) is 7.03. The van der Waals surface area contributed by atoms with E-state index in [1.165, 1.54) is 21.7 Å². The Morgan fingerprint density at radius 1 is 1.02 bits per heavy atom. The Bertz CT molecular complexity index is 1370. The number of nitriles is 1. The van der Waals surface area contributed by atoms with E-state index in [0.717, 1.165) is 5.56 Å². The Hall–Kier alpha value is -2.84. The van der Waals surface area contributed by atoms with E-state index in [1.807, 2.05) is 50.4 Å². The van der Waals surface area contributed by atoms with Gasteiger partial charge in [0.15, 0.2) is 5.79 Å². The molecule has 0 radical (unpaired) electrons. The van der Waals surface area contributed by atoms with E-state index in [-0.39, 0.29) is 23.4 Å². The SMILES string of the molecule is CN(C)C=Nc1c([C@@H]2O[C@H](CO[Si](c3ccccc3)(c3ccccc3)C(C)(C)C)[C@H]3OC(C)(C)O[C@H]32)csc1C#N. The lowest BCUT2D eigenvalue weighted by Crippen LogP contribution is -2.67. The van der Waals surface area contributed by atoms with Crippen LogP contribution in [-0.4, -0.2) is 64.4 Å². The maximum atomic E-state index is 9.79. The zero-order valence-electron chi connectivity index (χ0n) is 24.8. The quantitative estimate of drug-likeness (QED) is 0.200. The van der Waals surface area contributed by atoms with Crippen molar-refractivity contribution in [1.29, 1.82) is 5.26 Å². The van der Waals surface area contributed by atoms with Gasteiger partial charge in [-0.1, -0.05) is 81.4 Å². The number of hydrogen-bond acceptors (Lipinski definition) is 7. The first kappa shape index (κ1) is 29.6. The Morgan fingerprint density at radius 3 is 2.15 bits per heavy atom. The zero-order valence-corrected chi connectivity index (χ0v) is 26.6. The summed E-state index contributed by atoms with van der Waals surface area (Å²) in [6, 6.07) is 23.5. The number of fused-ring (bicyclic) bond motifs is 1. The molecular formula is C32H39N3O4SSi. The molecule has 1 aromatic heterocycles. The lowest BCUT2D eigenvalue weighted by Gasteiger charge is -2.43. The number of hydrogen-bond donors (Lipinski definition) is 0. The van der Waals surface area contributed by atoms with Gasteiger partial charge in [0.1, 0.15) is 35.4 Å². The minimum atomic E-state index is -2.78. The van der Waals surface area contributed by atoms with Crippen LogP contribution in [0.4, 0.5) is 5.69 Å². The fourth-order valence-electron chi connectivity index (χ4n) is 5.99. The fraction of sp³-hybridized carbons (Fsp3) is 0.438. The van der Waals surface area contributed by atoms with Crippen LogP contribution < -0.4 is 10.4 Å². The summed E-state index contributed by atoms with van der Waals surface area (Å²) in [6.45, 7) is 11.0. The van der Waals surface area contributed by atoms with Gasteiger partial charge < -0.3 is 23.5 Å². The number of rotatable bonds is 8. The van der Waals surface area contributed by atoms with E-state index >= 15 is 0 Å². The molecule has 7 nitrogen and oxygen atoms in total. The minimum absolute atomic E-state index is 0.164. The molecule has 0 spiro atoms. The summed E-state index contributed by atoms with van der Waals surface area (Å²) < 4.78 is 26.9. The van der Waals surface area contributed by atoms with Crippen molar-refractivity contribution in [3.63, 3.8) is 0 Å². The average molecular weight is 590 g/mol. The zero-order chi connectivity index (χ0) is 29.4. The number of thiophene rings is 1. The predicted molar refractivity (Wildman–Crippen MR) is 166 cm³/mol. The molecule has 216 valence electrons. The Kier molecular flexibility index (Phi) is 8.27. The number of aliphatic imine (C=N–C) groups is 1. The van der Waals surface area contributed by atoms with Crippen molar-refractivity contribution in [2.24, 2.45) is 4.99 Å².